The van der Waals surface area contributed by atoms with Gasteiger partial charge in [-0.3, -0.25) is 9.78 Å². The van der Waals surface area contributed by atoms with Crippen LogP contribution in [0.5, 0.6) is 0 Å². The fraction of sp³-hybridized carbons (Fsp3) is 0.105. The second-order valence-corrected chi connectivity index (χ2v) is 6.94. The van der Waals surface area contributed by atoms with Crippen LogP contribution in [0.2, 0.25) is 0 Å². The fourth-order valence-electron chi connectivity index (χ4n) is 2.54. The van der Waals surface area contributed by atoms with Crippen LogP contribution in [-0.4, -0.2) is 26.0 Å². The van der Waals surface area contributed by atoms with Gasteiger partial charge in [0.25, 0.3) is 11.8 Å². The quantitative estimate of drug-likeness (QED) is 0.509. The minimum atomic E-state index is -4.44. The smallest absolute Gasteiger partial charge is 0.346 e. The van der Waals surface area contributed by atoms with Crippen molar-refractivity contribution in [3.63, 3.8) is 0 Å². The van der Waals surface area contributed by atoms with Gasteiger partial charge in [-0.15, -0.1) is 11.3 Å². The lowest BCUT2D eigenvalue weighted by molar-refractivity contribution is -0.137. The number of aromatic nitrogens is 4. The van der Waals surface area contributed by atoms with Gasteiger partial charge in [0.15, 0.2) is 5.01 Å². The first kappa shape index (κ1) is 19.7. The second kappa shape index (κ2) is 8.03. The minimum absolute atomic E-state index is 0.0651. The average Bonchev–Trinajstić information content (AvgIpc) is 3.42. The number of thiazole rings is 1. The number of carbonyl (C=O) groups is 1. The Bertz CT molecular complexity index is 1170. The number of carbonyl (C=O) groups excluding carboxylic acids is 1. The van der Waals surface area contributed by atoms with Crippen molar-refractivity contribution in [3.8, 4) is 23.0 Å². The van der Waals surface area contributed by atoms with E-state index in [0.29, 0.717) is 22.6 Å². The molecule has 11 heteroatoms. The number of nitrogens with one attached hydrogen (secondary N) is 1. The summed E-state index contributed by atoms with van der Waals surface area (Å²) in [5.41, 5.74) is 0.604. The zero-order valence-electron chi connectivity index (χ0n) is 15.1. The summed E-state index contributed by atoms with van der Waals surface area (Å²) in [4.78, 5) is 24.7. The molecule has 0 unspecified atom stereocenters. The van der Waals surface area contributed by atoms with Crippen LogP contribution in [0.1, 0.15) is 20.9 Å². The number of hydrogen-bond donors (Lipinski definition) is 1. The molecule has 0 atom stereocenters. The molecule has 0 radical (unpaired) electrons. The molecule has 0 bridgehead atoms. The number of hydrogen-bond acceptors (Lipinski definition) is 7. The van der Waals surface area contributed by atoms with Crippen molar-refractivity contribution in [2.24, 2.45) is 0 Å². The number of rotatable bonds is 5. The highest BCUT2D eigenvalue weighted by Gasteiger charge is 2.30. The Morgan fingerprint density at radius 3 is 2.70 bits per heavy atom. The summed E-state index contributed by atoms with van der Waals surface area (Å²) in [6.07, 6.45) is -1.24. The van der Waals surface area contributed by atoms with Crippen molar-refractivity contribution in [1.29, 1.82) is 0 Å². The van der Waals surface area contributed by atoms with Crippen LogP contribution in [0.4, 0.5) is 13.2 Å². The van der Waals surface area contributed by atoms with Crippen LogP contribution >= 0.6 is 11.3 Å². The van der Waals surface area contributed by atoms with Gasteiger partial charge in [-0.25, -0.2) is 4.98 Å². The molecule has 0 fully saturated rings. The van der Waals surface area contributed by atoms with E-state index < -0.39 is 17.6 Å². The average molecular weight is 431 g/mol. The molecular weight excluding hydrogens is 419 g/mol. The molecule has 152 valence electrons. The van der Waals surface area contributed by atoms with E-state index in [9.17, 15) is 18.0 Å². The number of amides is 1. The second-order valence-electron chi connectivity index (χ2n) is 6.08. The van der Waals surface area contributed by atoms with Crippen LogP contribution in [-0.2, 0) is 12.7 Å². The summed E-state index contributed by atoms with van der Waals surface area (Å²) in [6.45, 7) is -0.0651. The maximum absolute atomic E-state index is 12.8. The first-order valence-electron chi connectivity index (χ1n) is 8.54. The molecular formula is C19H12F3N5O2S. The number of halogens is 3. The molecule has 0 aliphatic heterocycles. The Kier molecular flexibility index (Phi) is 5.27. The normalized spacial score (nSPS) is 11.4. The van der Waals surface area contributed by atoms with Crippen molar-refractivity contribution in [2.75, 3.05) is 0 Å². The maximum atomic E-state index is 12.8. The van der Waals surface area contributed by atoms with E-state index in [-0.39, 0.29) is 17.4 Å². The van der Waals surface area contributed by atoms with Crippen LogP contribution in [0.25, 0.3) is 23.0 Å². The standard InChI is InChI=1S/C19H12F3N5O2S/c20-19(21,22)13-3-1-2-11(8-13)9-24-16(28)18-25-14(10-30-18)17-26-15(27-29-17)12-4-6-23-7-5-12/h1-8,10H,9H2,(H,24,28). The van der Waals surface area contributed by atoms with Crippen LogP contribution in [0, 0.1) is 0 Å². The maximum Gasteiger partial charge on any atom is 0.416 e. The summed E-state index contributed by atoms with van der Waals surface area (Å²) >= 11 is 1.06. The fourth-order valence-corrected chi connectivity index (χ4v) is 3.24. The molecule has 30 heavy (non-hydrogen) atoms. The molecule has 1 amide bonds. The minimum Gasteiger partial charge on any atom is -0.346 e. The van der Waals surface area contributed by atoms with Gasteiger partial charge in [-0.05, 0) is 29.8 Å². The Hall–Kier alpha value is -3.60. The summed E-state index contributed by atoms with van der Waals surface area (Å²) in [7, 11) is 0. The van der Waals surface area contributed by atoms with E-state index in [1.807, 2.05) is 0 Å². The molecule has 4 rings (SSSR count). The molecule has 4 aromatic rings. The zero-order chi connectivity index (χ0) is 21.1. The third-order valence-electron chi connectivity index (χ3n) is 3.99. The van der Waals surface area contributed by atoms with Gasteiger partial charge < -0.3 is 9.84 Å². The van der Waals surface area contributed by atoms with E-state index in [4.69, 9.17) is 4.52 Å². The Balaban J connectivity index is 1.43. The monoisotopic (exact) mass is 431 g/mol. The summed E-state index contributed by atoms with van der Waals surface area (Å²) in [5.74, 6) is -0.0107. The van der Waals surface area contributed by atoms with Gasteiger partial charge in [0.05, 0.1) is 5.56 Å². The van der Waals surface area contributed by atoms with Gasteiger partial charge in [-0.2, -0.15) is 18.2 Å². The van der Waals surface area contributed by atoms with Crippen LogP contribution in [0.15, 0.2) is 58.7 Å². The molecule has 0 spiro atoms. The third kappa shape index (κ3) is 4.35. The van der Waals surface area contributed by atoms with Gasteiger partial charge >= 0.3 is 6.18 Å². The lowest BCUT2D eigenvalue weighted by Gasteiger charge is -2.09. The molecule has 0 aliphatic rings. The van der Waals surface area contributed by atoms with E-state index in [1.165, 1.54) is 12.1 Å². The van der Waals surface area contributed by atoms with E-state index >= 15 is 0 Å². The molecule has 7 nitrogen and oxygen atoms in total. The molecule has 0 saturated carbocycles. The Morgan fingerprint density at radius 2 is 1.93 bits per heavy atom. The first-order valence-corrected chi connectivity index (χ1v) is 9.42. The van der Waals surface area contributed by atoms with E-state index in [0.717, 1.165) is 23.5 Å². The lowest BCUT2D eigenvalue weighted by atomic mass is 10.1. The van der Waals surface area contributed by atoms with Crippen molar-refractivity contribution < 1.29 is 22.5 Å². The number of alkyl halides is 3. The highest BCUT2D eigenvalue weighted by molar-refractivity contribution is 7.12. The van der Waals surface area contributed by atoms with Crippen molar-refractivity contribution >= 4 is 17.2 Å². The summed E-state index contributed by atoms with van der Waals surface area (Å²) < 4.78 is 43.6. The zero-order valence-corrected chi connectivity index (χ0v) is 15.9. The summed E-state index contributed by atoms with van der Waals surface area (Å²) in [5, 5.41) is 8.15. The molecule has 0 saturated heterocycles. The SMILES string of the molecule is O=C(NCc1cccc(C(F)(F)F)c1)c1nc(-c2nc(-c3ccncc3)no2)cs1. The molecule has 1 aromatic carbocycles. The van der Waals surface area contributed by atoms with Crippen LogP contribution in [0.3, 0.4) is 0 Å². The van der Waals surface area contributed by atoms with Crippen molar-refractivity contribution in [3.05, 3.63) is 70.3 Å². The van der Waals surface area contributed by atoms with Gasteiger partial charge in [0.1, 0.15) is 5.69 Å². The third-order valence-corrected chi connectivity index (χ3v) is 4.83. The summed E-state index contributed by atoms with van der Waals surface area (Å²) in [6, 6.07) is 8.21. The van der Waals surface area contributed by atoms with E-state index in [1.54, 1.807) is 29.9 Å². The number of pyridine rings is 1. The molecule has 3 heterocycles. The lowest BCUT2D eigenvalue weighted by Crippen LogP contribution is -2.22. The molecule has 1 N–H and O–H groups in total. The highest BCUT2D eigenvalue weighted by atomic mass is 32.1. The van der Waals surface area contributed by atoms with Gasteiger partial charge in [0.2, 0.25) is 5.82 Å². The molecule has 3 aromatic heterocycles. The number of nitrogens with zero attached hydrogens (tertiary/aromatic N) is 4. The Morgan fingerprint density at radius 1 is 1.13 bits per heavy atom. The first-order chi connectivity index (χ1) is 14.4. The van der Waals surface area contributed by atoms with E-state index in [2.05, 4.69) is 25.4 Å². The van der Waals surface area contributed by atoms with Gasteiger partial charge in [-0.1, -0.05) is 17.3 Å². The van der Waals surface area contributed by atoms with Crippen molar-refractivity contribution in [1.82, 2.24) is 25.4 Å². The highest BCUT2D eigenvalue weighted by Crippen LogP contribution is 2.29. The largest absolute Gasteiger partial charge is 0.416 e. The number of benzene rings is 1. The van der Waals surface area contributed by atoms with Gasteiger partial charge in [0, 0.05) is 29.9 Å². The van der Waals surface area contributed by atoms with Crippen LogP contribution < -0.4 is 5.32 Å². The predicted octanol–water partition coefficient (Wildman–Crippen LogP) is 4.20. The molecule has 0 aliphatic carbocycles. The topological polar surface area (TPSA) is 93.8 Å². The van der Waals surface area contributed by atoms with Crippen molar-refractivity contribution in [2.45, 2.75) is 12.7 Å². The Labute approximate surface area is 171 Å². The predicted molar refractivity (Wildman–Crippen MR) is 101 cm³/mol.